The van der Waals surface area contributed by atoms with Gasteiger partial charge < -0.3 is 4.57 Å². The van der Waals surface area contributed by atoms with E-state index >= 15 is 0 Å². The van der Waals surface area contributed by atoms with Gasteiger partial charge in [0.25, 0.3) is 11.6 Å². The average molecular weight is 444 g/mol. The lowest BCUT2D eigenvalue weighted by atomic mass is 10.2. The Bertz CT molecular complexity index is 1140. The number of thiazole rings is 1. The molecule has 3 aromatic rings. The third-order valence-corrected chi connectivity index (χ3v) is 5.20. The second-order valence-corrected chi connectivity index (χ2v) is 7.46. The van der Waals surface area contributed by atoms with Gasteiger partial charge in [0.2, 0.25) is 0 Å². The molecule has 0 bridgehead atoms. The summed E-state index contributed by atoms with van der Waals surface area (Å²) >= 11 is 4.85. The summed E-state index contributed by atoms with van der Waals surface area (Å²) in [6.45, 7) is 4.29. The highest BCUT2D eigenvalue weighted by Crippen LogP contribution is 2.22. The summed E-state index contributed by atoms with van der Waals surface area (Å²) in [5.74, 6) is -0.440. The molecular formula is C19H14BrN3O3S. The van der Waals surface area contributed by atoms with E-state index in [1.54, 1.807) is 18.2 Å². The summed E-state index contributed by atoms with van der Waals surface area (Å²) in [5, 5.41) is 10.8. The highest BCUT2D eigenvalue weighted by Gasteiger charge is 2.07. The van der Waals surface area contributed by atoms with Crippen molar-refractivity contribution in [2.24, 2.45) is 4.99 Å². The quantitative estimate of drug-likeness (QED) is 0.248. The monoisotopic (exact) mass is 443 g/mol. The Morgan fingerprint density at radius 2 is 2.15 bits per heavy atom. The lowest BCUT2D eigenvalue weighted by molar-refractivity contribution is -0.384. The van der Waals surface area contributed by atoms with Crippen LogP contribution in [0.25, 0.3) is 16.3 Å². The molecule has 27 heavy (non-hydrogen) atoms. The average Bonchev–Trinajstić information content (AvgIpc) is 2.97. The minimum atomic E-state index is -0.475. The predicted molar refractivity (Wildman–Crippen MR) is 110 cm³/mol. The smallest absolute Gasteiger partial charge is 0.272 e. The number of non-ortho nitro benzene ring substituents is 1. The minimum Gasteiger partial charge on any atom is -0.312 e. The van der Waals surface area contributed by atoms with Gasteiger partial charge in [-0.1, -0.05) is 45.5 Å². The van der Waals surface area contributed by atoms with Crippen molar-refractivity contribution in [3.63, 3.8) is 0 Å². The van der Waals surface area contributed by atoms with E-state index in [1.807, 2.05) is 22.8 Å². The van der Waals surface area contributed by atoms with Crippen molar-refractivity contribution in [1.82, 2.24) is 4.57 Å². The number of hydrogen-bond acceptors (Lipinski definition) is 4. The first-order valence-electron chi connectivity index (χ1n) is 7.89. The fourth-order valence-electron chi connectivity index (χ4n) is 2.48. The summed E-state index contributed by atoms with van der Waals surface area (Å²) in [6, 6.07) is 11.9. The Morgan fingerprint density at radius 3 is 2.89 bits per heavy atom. The van der Waals surface area contributed by atoms with Crippen molar-refractivity contribution in [3.05, 3.63) is 86.1 Å². The van der Waals surface area contributed by atoms with Crippen molar-refractivity contribution in [1.29, 1.82) is 0 Å². The van der Waals surface area contributed by atoms with Gasteiger partial charge >= 0.3 is 0 Å². The number of nitro benzene ring substituents is 1. The lowest BCUT2D eigenvalue weighted by Crippen LogP contribution is -2.15. The summed E-state index contributed by atoms with van der Waals surface area (Å²) in [6.07, 6.45) is 4.56. The summed E-state index contributed by atoms with van der Waals surface area (Å²) < 4.78 is 3.87. The first-order chi connectivity index (χ1) is 13.0. The van der Waals surface area contributed by atoms with E-state index in [0.29, 0.717) is 16.9 Å². The number of aromatic nitrogens is 1. The highest BCUT2D eigenvalue weighted by atomic mass is 79.9. The molecule has 0 unspecified atom stereocenters. The number of rotatable bonds is 5. The van der Waals surface area contributed by atoms with Crippen molar-refractivity contribution in [2.45, 2.75) is 6.54 Å². The Hall–Kier alpha value is -2.84. The van der Waals surface area contributed by atoms with Crippen LogP contribution in [0.15, 0.2) is 70.7 Å². The molecule has 1 aromatic heterocycles. The second-order valence-electron chi connectivity index (χ2n) is 5.53. The molecule has 8 heteroatoms. The van der Waals surface area contributed by atoms with E-state index < -0.39 is 10.8 Å². The molecule has 136 valence electrons. The third-order valence-electron chi connectivity index (χ3n) is 3.66. The number of hydrogen-bond donors (Lipinski definition) is 0. The van der Waals surface area contributed by atoms with Crippen LogP contribution in [0.2, 0.25) is 0 Å². The predicted octanol–water partition coefficient (Wildman–Crippen LogP) is 4.70. The Labute approximate surface area is 167 Å². The van der Waals surface area contributed by atoms with Gasteiger partial charge in [-0.15, -0.1) is 6.58 Å². The molecule has 2 aromatic carbocycles. The van der Waals surface area contributed by atoms with Gasteiger partial charge in [0, 0.05) is 29.2 Å². The van der Waals surface area contributed by atoms with Gasteiger partial charge in [-0.25, -0.2) is 0 Å². The Morgan fingerprint density at radius 1 is 1.33 bits per heavy atom. The van der Waals surface area contributed by atoms with Crippen LogP contribution in [0, 0.1) is 10.1 Å². The fraction of sp³-hybridized carbons (Fsp3) is 0.0526. The van der Waals surface area contributed by atoms with Crippen LogP contribution >= 0.6 is 27.3 Å². The molecular weight excluding hydrogens is 430 g/mol. The van der Waals surface area contributed by atoms with Gasteiger partial charge in [-0.05, 0) is 29.8 Å². The normalized spacial score (nSPS) is 12.0. The zero-order valence-corrected chi connectivity index (χ0v) is 16.4. The van der Waals surface area contributed by atoms with Gasteiger partial charge in [0.15, 0.2) is 4.80 Å². The highest BCUT2D eigenvalue weighted by molar-refractivity contribution is 9.10. The number of nitrogens with zero attached hydrogens (tertiary/aromatic N) is 3. The largest absolute Gasteiger partial charge is 0.312 e. The van der Waals surface area contributed by atoms with Crippen LogP contribution < -0.4 is 4.80 Å². The van der Waals surface area contributed by atoms with Crippen molar-refractivity contribution >= 4 is 55.2 Å². The maximum atomic E-state index is 12.3. The summed E-state index contributed by atoms with van der Waals surface area (Å²) in [7, 11) is 0. The molecule has 0 aliphatic rings. The zero-order chi connectivity index (χ0) is 19.4. The molecule has 0 aliphatic carbocycles. The zero-order valence-electron chi connectivity index (χ0n) is 14.0. The molecule has 0 radical (unpaired) electrons. The number of benzene rings is 2. The van der Waals surface area contributed by atoms with Gasteiger partial charge in [-0.2, -0.15) is 4.99 Å². The van der Waals surface area contributed by atoms with E-state index in [1.165, 1.54) is 35.6 Å². The Balaban J connectivity index is 1.95. The molecule has 0 fully saturated rings. The van der Waals surface area contributed by atoms with Gasteiger partial charge in [-0.3, -0.25) is 14.9 Å². The maximum Gasteiger partial charge on any atom is 0.272 e. The first-order valence-corrected chi connectivity index (χ1v) is 9.50. The molecule has 1 amide bonds. The number of carbonyl (C=O) groups is 1. The Kier molecular flexibility index (Phi) is 5.78. The minimum absolute atomic E-state index is 0.0274. The SMILES string of the molecule is C=CCn1c(=NC(=O)C=Cc2cccc([N+](=O)[O-])c2)sc2cc(Br)ccc21. The number of carbonyl (C=O) groups excluding carboxylic acids is 1. The fourth-order valence-corrected chi connectivity index (χ4v) is 4.08. The van der Waals surface area contributed by atoms with Crippen molar-refractivity contribution < 1.29 is 9.72 Å². The van der Waals surface area contributed by atoms with Crippen LogP contribution in [-0.2, 0) is 11.3 Å². The molecule has 0 saturated heterocycles. The van der Waals surface area contributed by atoms with E-state index in [2.05, 4.69) is 27.5 Å². The summed E-state index contributed by atoms with van der Waals surface area (Å²) in [4.78, 5) is 27.4. The van der Waals surface area contributed by atoms with E-state index in [-0.39, 0.29) is 5.69 Å². The van der Waals surface area contributed by atoms with E-state index in [4.69, 9.17) is 0 Å². The van der Waals surface area contributed by atoms with Crippen LogP contribution in [0.4, 0.5) is 5.69 Å². The molecule has 0 aliphatic heterocycles. The van der Waals surface area contributed by atoms with Crippen molar-refractivity contribution in [3.8, 4) is 0 Å². The van der Waals surface area contributed by atoms with Gasteiger partial charge in [0.05, 0.1) is 15.1 Å². The van der Waals surface area contributed by atoms with Crippen LogP contribution in [0.1, 0.15) is 5.56 Å². The maximum absolute atomic E-state index is 12.3. The third kappa shape index (κ3) is 4.47. The van der Waals surface area contributed by atoms with Crippen LogP contribution in [0.3, 0.4) is 0 Å². The molecule has 3 rings (SSSR count). The number of allylic oxidation sites excluding steroid dienone is 1. The molecule has 0 saturated carbocycles. The second kappa shape index (κ2) is 8.24. The number of fused-ring (bicyclic) bond motifs is 1. The molecule has 0 spiro atoms. The van der Waals surface area contributed by atoms with Gasteiger partial charge in [0.1, 0.15) is 0 Å². The molecule has 0 atom stereocenters. The van der Waals surface area contributed by atoms with E-state index in [9.17, 15) is 14.9 Å². The topological polar surface area (TPSA) is 77.5 Å². The lowest BCUT2D eigenvalue weighted by Gasteiger charge is -2.00. The van der Waals surface area contributed by atoms with Crippen LogP contribution in [-0.4, -0.2) is 15.4 Å². The molecule has 1 heterocycles. The number of nitro groups is 1. The molecule has 0 N–H and O–H groups in total. The standard InChI is InChI=1S/C19H14BrN3O3S/c1-2-10-22-16-8-7-14(20)12-17(16)27-19(22)21-18(24)9-6-13-4-3-5-15(11-13)23(25)26/h2-9,11-12H,1,10H2. The van der Waals surface area contributed by atoms with E-state index in [0.717, 1.165) is 14.7 Å². The summed E-state index contributed by atoms with van der Waals surface area (Å²) in [5.41, 5.74) is 1.50. The number of amides is 1. The van der Waals surface area contributed by atoms with Crippen LogP contribution in [0.5, 0.6) is 0 Å². The molecule has 6 nitrogen and oxygen atoms in total. The first kappa shape index (κ1) is 18.9. The number of halogens is 1. The van der Waals surface area contributed by atoms with Crippen molar-refractivity contribution in [2.75, 3.05) is 0 Å².